The van der Waals surface area contributed by atoms with Crippen LogP contribution < -0.4 is 10.2 Å². The molecule has 1 aliphatic rings. The maximum Gasteiger partial charge on any atom is 0.307 e. The van der Waals surface area contributed by atoms with Crippen molar-refractivity contribution in [1.29, 1.82) is 0 Å². The van der Waals surface area contributed by atoms with Crippen LogP contribution in [0.4, 0.5) is 0 Å². The van der Waals surface area contributed by atoms with Crippen LogP contribution in [0.5, 0.6) is 0 Å². The van der Waals surface area contributed by atoms with Crippen LogP contribution in [0.15, 0.2) is 34.4 Å². The van der Waals surface area contributed by atoms with Gasteiger partial charge in [0.2, 0.25) is 5.91 Å². The first-order valence-corrected chi connectivity index (χ1v) is 8.65. The summed E-state index contributed by atoms with van der Waals surface area (Å²) in [7, 11) is 1.68. The smallest absolute Gasteiger partial charge is 0.307 e. The van der Waals surface area contributed by atoms with Gasteiger partial charge in [0, 0.05) is 37.8 Å². The van der Waals surface area contributed by atoms with Gasteiger partial charge in [0.25, 0.3) is 0 Å². The Bertz CT molecular complexity index is 765. The molecule has 1 aromatic carbocycles. The summed E-state index contributed by atoms with van der Waals surface area (Å²) in [6, 6.07) is 8.08. The highest BCUT2D eigenvalue weighted by atomic mass is 32.1. The number of fused-ring (bicyclic) bond motifs is 1. The molecule has 3 rings (SSSR count). The van der Waals surface area contributed by atoms with E-state index in [-0.39, 0.29) is 16.8 Å². The molecule has 2 aromatic rings. The lowest BCUT2D eigenvalue weighted by atomic mass is 9.93. The van der Waals surface area contributed by atoms with Crippen LogP contribution in [0, 0.1) is 6.92 Å². The number of aryl methyl sites for hydroxylation is 1. The molecular weight excluding hydrogens is 310 g/mol. The van der Waals surface area contributed by atoms with Gasteiger partial charge in [0.05, 0.1) is 6.04 Å². The number of rotatable bonds is 4. The highest BCUT2D eigenvalue weighted by Crippen LogP contribution is 2.23. The number of amides is 1. The largest absolute Gasteiger partial charge is 0.358 e. The minimum absolute atomic E-state index is 0.0360. The van der Waals surface area contributed by atoms with Crippen molar-refractivity contribution in [3.63, 3.8) is 0 Å². The summed E-state index contributed by atoms with van der Waals surface area (Å²) in [6.45, 7) is 3.99. The van der Waals surface area contributed by atoms with Crippen molar-refractivity contribution in [2.45, 2.75) is 32.5 Å². The molecule has 1 aromatic heterocycles. The molecule has 0 aliphatic carbocycles. The van der Waals surface area contributed by atoms with E-state index in [9.17, 15) is 9.59 Å². The van der Waals surface area contributed by atoms with Crippen LogP contribution in [-0.4, -0.2) is 35.0 Å². The highest BCUT2D eigenvalue weighted by molar-refractivity contribution is 7.07. The lowest BCUT2D eigenvalue weighted by Crippen LogP contribution is -2.50. The summed E-state index contributed by atoms with van der Waals surface area (Å²) in [5.74, 6) is 0.0360. The highest BCUT2D eigenvalue weighted by Gasteiger charge is 2.30. The summed E-state index contributed by atoms with van der Waals surface area (Å²) in [4.78, 5) is 26.4. The van der Waals surface area contributed by atoms with E-state index < -0.39 is 0 Å². The first-order valence-electron chi connectivity index (χ1n) is 7.77. The maximum absolute atomic E-state index is 12.3. The van der Waals surface area contributed by atoms with Gasteiger partial charge in [-0.1, -0.05) is 35.6 Å². The Labute approximate surface area is 139 Å². The molecule has 0 spiro atoms. The van der Waals surface area contributed by atoms with E-state index in [0.717, 1.165) is 12.2 Å². The molecule has 0 saturated carbocycles. The van der Waals surface area contributed by atoms with Crippen molar-refractivity contribution >= 4 is 17.2 Å². The van der Waals surface area contributed by atoms with Crippen LogP contribution in [0.25, 0.3) is 0 Å². The third-order valence-electron chi connectivity index (χ3n) is 4.48. The lowest BCUT2D eigenvalue weighted by molar-refractivity contribution is -0.126. The average Bonchev–Trinajstić information content (AvgIpc) is 2.89. The van der Waals surface area contributed by atoms with Gasteiger partial charge in [-0.2, -0.15) is 0 Å². The molecule has 23 heavy (non-hydrogen) atoms. The normalized spacial score (nSPS) is 17.7. The molecular formula is C17H21N3O2S. The zero-order valence-electron chi connectivity index (χ0n) is 13.4. The van der Waals surface area contributed by atoms with Crippen molar-refractivity contribution in [3.05, 3.63) is 56.1 Å². The van der Waals surface area contributed by atoms with Crippen LogP contribution in [0.3, 0.4) is 0 Å². The van der Waals surface area contributed by atoms with Crippen LogP contribution in [-0.2, 0) is 24.3 Å². The molecule has 0 bridgehead atoms. The fourth-order valence-electron chi connectivity index (χ4n) is 3.14. The molecule has 0 saturated heterocycles. The van der Waals surface area contributed by atoms with Gasteiger partial charge in [0.1, 0.15) is 0 Å². The van der Waals surface area contributed by atoms with Gasteiger partial charge >= 0.3 is 4.87 Å². The molecule has 0 unspecified atom stereocenters. The number of nitrogens with one attached hydrogen (secondary N) is 1. The molecule has 122 valence electrons. The van der Waals surface area contributed by atoms with Crippen molar-refractivity contribution in [3.8, 4) is 0 Å². The number of carbonyl (C=O) groups excluding carboxylic acids is 1. The topological polar surface area (TPSA) is 54.3 Å². The molecule has 1 atom stereocenters. The first kappa shape index (κ1) is 16.0. The number of aromatic nitrogens is 1. The number of nitrogens with zero attached hydrogens (tertiary/aromatic N) is 2. The van der Waals surface area contributed by atoms with Gasteiger partial charge in [-0.3, -0.25) is 14.5 Å². The SMILES string of the molecule is CNC(=O)[C@H]1Cc2ccccc2CN1CCn1c(C)csc1=O. The second-order valence-electron chi connectivity index (χ2n) is 5.87. The fourth-order valence-corrected chi connectivity index (χ4v) is 3.90. The van der Waals surface area contributed by atoms with E-state index >= 15 is 0 Å². The fraction of sp³-hybridized carbons (Fsp3) is 0.412. The molecule has 1 amide bonds. The van der Waals surface area contributed by atoms with E-state index in [1.807, 2.05) is 24.4 Å². The summed E-state index contributed by atoms with van der Waals surface area (Å²) in [6.07, 6.45) is 0.716. The monoisotopic (exact) mass is 331 g/mol. The maximum atomic E-state index is 12.3. The van der Waals surface area contributed by atoms with E-state index in [2.05, 4.69) is 22.3 Å². The minimum atomic E-state index is -0.176. The van der Waals surface area contributed by atoms with Crippen molar-refractivity contribution in [1.82, 2.24) is 14.8 Å². The summed E-state index contributed by atoms with van der Waals surface area (Å²) in [5, 5.41) is 4.64. The second kappa shape index (κ2) is 6.68. The average molecular weight is 331 g/mol. The zero-order valence-corrected chi connectivity index (χ0v) is 14.2. The van der Waals surface area contributed by atoms with Gasteiger partial charge in [-0.05, 0) is 24.5 Å². The van der Waals surface area contributed by atoms with Crippen LogP contribution >= 0.6 is 11.3 Å². The third kappa shape index (κ3) is 3.23. The van der Waals surface area contributed by atoms with E-state index in [4.69, 9.17) is 0 Å². The third-order valence-corrected chi connectivity index (χ3v) is 5.36. The molecule has 6 heteroatoms. The molecule has 1 N–H and O–H groups in total. The number of thiazole rings is 1. The molecule has 0 radical (unpaired) electrons. The first-order chi connectivity index (χ1) is 11.1. The van der Waals surface area contributed by atoms with Gasteiger partial charge in [-0.15, -0.1) is 0 Å². The van der Waals surface area contributed by atoms with E-state index in [1.165, 1.54) is 22.5 Å². The Balaban J connectivity index is 1.81. The number of hydrogen-bond acceptors (Lipinski definition) is 4. The van der Waals surface area contributed by atoms with Crippen LogP contribution in [0.1, 0.15) is 16.8 Å². The number of likely N-dealkylation sites (N-methyl/N-ethyl adjacent to an activating group) is 1. The Hall–Kier alpha value is -1.92. The predicted molar refractivity (Wildman–Crippen MR) is 91.7 cm³/mol. The Morgan fingerprint density at radius 3 is 2.70 bits per heavy atom. The van der Waals surface area contributed by atoms with E-state index in [0.29, 0.717) is 19.5 Å². The molecule has 2 heterocycles. The van der Waals surface area contributed by atoms with Crippen molar-refractivity contribution < 1.29 is 4.79 Å². The summed E-state index contributed by atoms with van der Waals surface area (Å²) < 4.78 is 1.78. The van der Waals surface area contributed by atoms with Crippen molar-refractivity contribution in [2.75, 3.05) is 13.6 Å². The quantitative estimate of drug-likeness (QED) is 0.921. The number of hydrogen-bond donors (Lipinski definition) is 1. The Kier molecular flexibility index (Phi) is 4.63. The second-order valence-corrected chi connectivity index (χ2v) is 6.69. The lowest BCUT2D eigenvalue weighted by Gasteiger charge is -2.35. The van der Waals surface area contributed by atoms with Gasteiger partial charge in [0.15, 0.2) is 0 Å². The number of benzene rings is 1. The van der Waals surface area contributed by atoms with Crippen molar-refractivity contribution in [2.24, 2.45) is 0 Å². The summed E-state index contributed by atoms with van der Waals surface area (Å²) in [5.41, 5.74) is 3.48. The molecule has 0 fully saturated rings. The van der Waals surface area contributed by atoms with Gasteiger partial charge in [-0.25, -0.2) is 0 Å². The number of carbonyl (C=O) groups is 1. The Morgan fingerprint density at radius 1 is 1.30 bits per heavy atom. The standard InChI is InChI=1S/C17H21N3O2S/c1-12-11-23-17(22)20(12)8-7-19-10-14-6-4-3-5-13(14)9-15(19)16(21)18-2/h3-6,11,15H,7-10H2,1-2H3,(H,18,21)/t15-/m1/s1. The van der Waals surface area contributed by atoms with Gasteiger partial charge < -0.3 is 9.88 Å². The molecule has 5 nitrogen and oxygen atoms in total. The molecule has 1 aliphatic heterocycles. The Morgan fingerprint density at radius 2 is 2.04 bits per heavy atom. The van der Waals surface area contributed by atoms with Crippen LogP contribution in [0.2, 0.25) is 0 Å². The zero-order chi connectivity index (χ0) is 16.4. The predicted octanol–water partition coefficient (Wildman–Crippen LogP) is 1.39. The summed E-state index contributed by atoms with van der Waals surface area (Å²) >= 11 is 1.23. The minimum Gasteiger partial charge on any atom is -0.358 e. The van der Waals surface area contributed by atoms with E-state index in [1.54, 1.807) is 11.6 Å².